The number of aromatic amines is 3. The Morgan fingerprint density at radius 3 is 1.72 bits per heavy atom. The Labute approximate surface area is 381 Å². The second kappa shape index (κ2) is 20.2. The van der Waals surface area contributed by atoms with Crippen molar-refractivity contribution in [2.75, 3.05) is 25.9 Å². The van der Waals surface area contributed by atoms with E-state index in [1.165, 1.54) is 44.2 Å². The number of fused-ring (bicyclic) bond motifs is 8. The summed E-state index contributed by atoms with van der Waals surface area (Å²) >= 11 is 11.6. The van der Waals surface area contributed by atoms with Crippen LogP contribution in [0, 0.1) is 4.77 Å². The SMILES string of the molecule is COC(=O)/C=C/CCl.COC(=O)/C=C/CSc1nc2c3c(ccc2[nH]1)C(=O)c1ccccc1C3=O.O=C1c2ccccc2C(=O)c2c1ccc1[nH]c(=S)[nH]c21.[K+].[OH-]. The largest absolute Gasteiger partial charge is 1.00 e. The number of nitrogens with zero attached hydrogens (tertiary/aromatic N) is 1. The Hall–Kier alpha value is -4.62. The summed E-state index contributed by atoms with van der Waals surface area (Å²) in [5, 5.41) is 0.604. The molecule has 0 saturated carbocycles. The van der Waals surface area contributed by atoms with Crippen molar-refractivity contribution in [3.8, 4) is 0 Å². The Bertz CT molecular complexity index is 2680. The third-order valence-corrected chi connectivity index (χ3v) is 9.62. The zero-order valence-corrected chi connectivity index (χ0v) is 36.0. The molecular formula is C40H30ClKN4O9S2. The second-order valence-corrected chi connectivity index (χ2v) is 13.4. The Balaban J connectivity index is 0.000000212. The van der Waals surface area contributed by atoms with Crippen molar-refractivity contribution in [3.63, 3.8) is 0 Å². The maximum absolute atomic E-state index is 13.0. The number of H-pyrrole nitrogens is 3. The molecule has 4 N–H and O–H groups in total. The summed E-state index contributed by atoms with van der Waals surface area (Å²) in [5.74, 6) is -0.576. The number of allylic oxidation sites excluding steroid dienone is 1. The van der Waals surface area contributed by atoms with Crippen LogP contribution in [0.25, 0.3) is 22.1 Å². The second-order valence-electron chi connectivity index (χ2n) is 11.6. The number of ether oxygens (including phenoxy) is 2. The molecule has 4 aromatic carbocycles. The van der Waals surface area contributed by atoms with Gasteiger partial charge in [0.05, 0.1) is 41.9 Å². The van der Waals surface area contributed by atoms with Crippen molar-refractivity contribution in [2.24, 2.45) is 0 Å². The normalized spacial score (nSPS) is 12.3. The monoisotopic (exact) mass is 848 g/mol. The van der Waals surface area contributed by atoms with E-state index in [-0.39, 0.29) is 86.0 Å². The smallest absolute Gasteiger partial charge is 0.870 e. The number of rotatable bonds is 6. The predicted molar refractivity (Wildman–Crippen MR) is 212 cm³/mol. The van der Waals surface area contributed by atoms with E-state index in [0.717, 1.165) is 5.52 Å². The van der Waals surface area contributed by atoms with Gasteiger partial charge in [-0.05, 0) is 36.5 Å². The fourth-order valence-corrected chi connectivity index (χ4v) is 6.92. The number of thioether (sulfide) groups is 1. The van der Waals surface area contributed by atoms with Gasteiger partial charge in [-0.3, -0.25) is 19.2 Å². The zero-order chi connectivity index (χ0) is 39.2. The number of hydrogen-bond donors (Lipinski definition) is 3. The van der Waals surface area contributed by atoms with Crippen molar-refractivity contribution in [3.05, 3.63) is 146 Å². The van der Waals surface area contributed by atoms with Crippen molar-refractivity contribution < 1.29 is 95.1 Å². The molecular weight excluding hydrogens is 819 g/mol. The Morgan fingerprint density at radius 1 is 0.684 bits per heavy atom. The average molecular weight is 849 g/mol. The van der Waals surface area contributed by atoms with E-state index in [1.54, 1.807) is 78.9 Å². The molecule has 0 atom stereocenters. The molecule has 0 aliphatic heterocycles. The number of imidazole rings is 2. The van der Waals surface area contributed by atoms with E-state index in [2.05, 4.69) is 29.4 Å². The zero-order valence-electron chi connectivity index (χ0n) is 30.5. The Kier molecular flexibility index (Phi) is 16.0. The Morgan fingerprint density at radius 2 is 1.18 bits per heavy atom. The molecule has 0 saturated heterocycles. The number of carbonyl (C=O) groups is 6. The van der Waals surface area contributed by atoms with Crippen LogP contribution in [0.5, 0.6) is 0 Å². The van der Waals surface area contributed by atoms with Gasteiger partial charge in [-0.25, -0.2) is 14.6 Å². The number of ketones is 4. The van der Waals surface area contributed by atoms with E-state index in [4.69, 9.17) is 23.8 Å². The van der Waals surface area contributed by atoms with E-state index in [0.29, 0.717) is 82.6 Å². The first-order valence-electron chi connectivity index (χ1n) is 16.4. The van der Waals surface area contributed by atoms with Crippen molar-refractivity contribution >= 4 is 92.7 Å². The van der Waals surface area contributed by atoms with Crippen LogP contribution in [0.3, 0.4) is 0 Å². The number of hydrogen-bond acceptors (Lipinski definition) is 12. The molecule has 0 amide bonds. The fourth-order valence-electron chi connectivity index (χ4n) is 5.94. The molecule has 13 nitrogen and oxygen atoms in total. The number of methoxy groups -OCH3 is 2. The first kappa shape index (κ1) is 45.1. The quantitative estimate of drug-likeness (QED) is 0.0543. The minimum Gasteiger partial charge on any atom is -0.870 e. The minimum absolute atomic E-state index is 0. The van der Waals surface area contributed by atoms with Gasteiger partial charge in [0.25, 0.3) is 0 Å². The van der Waals surface area contributed by atoms with Crippen LogP contribution < -0.4 is 51.4 Å². The van der Waals surface area contributed by atoms with E-state index < -0.39 is 5.97 Å². The van der Waals surface area contributed by atoms with Gasteiger partial charge >= 0.3 is 63.3 Å². The molecule has 0 fully saturated rings. The van der Waals surface area contributed by atoms with E-state index in [1.807, 2.05) is 0 Å². The van der Waals surface area contributed by atoms with Crippen LogP contribution >= 0.6 is 35.6 Å². The van der Waals surface area contributed by atoms with Crippen LogP contribution in [0.4, 0.5) is 0 Å². The van der Waals surface area contributed by atoms with Crippen molar-refractivity contribution in [1.29, 1.82) is 0 Å². The molecule has 284 valence electrons. The average Bonchev–Trinajstić information content (AvgIpc) is 3.81. The maximum atomic E-state index is 13.0. The molecule has 0 bridgehead atoms. The van der Waals surface area contributed by atoms with Gasteiger partial charge in [-0.15, -0.1) is 11.6 Å². The minimum atomic E-state index is -0.419. The standard InChI is InChI=1S/C20H14N2O4S.C15H8N2O2S.C5H7ClO2.K.H2O/c1-26-15(23)7-4-10-27-20-21-14-9-8-13-16(17(14)22-20)19(25)12-6-3-2-5-11(12)18(13)24;18-13-7-3-1-2-4-8(7)14(19)11-9(13)5-6-10-12(11)17-15(20)16-10;1-8-5(7)3-2-4-6;;/h2-9H,10H2,1H3,(H,21,22);1-6H,(H2,16,17,20);2-3H,4H2,1H3;;1H2/q;;;+1;/p-1/b7-4+;;3-2+;;. The third kappa shape index (κ3) is 9.57. The summed E-state index contributed by atoms with van der Waals surface area (Å²) in [5.41, 5.74) is 5.77. The maximum Gasteiger partial charge on any atom is 1.00 e. The first-order valence-corrected chi connectivity index (χ1v) is 18.3. The molecule has 8 rings (SSSR count). The van der Waals surface area contributed by atoms with Gasteiger partial charge < -0.3 is 29.9 Å². The predicted octanol–water partition coefficient (Wildman–Crippen LogP) is 3.94. The number of benzene rings is 4. The summed E-state index contributed by atoms with van der Waals surface area (Å²) in [7, 11) is 2.64. The topological polar surface area (TPSA) is 211 Å². The third-order valence-electron chi connectivity index (χ3n) is 8.42. The van der Waals surface area contributed by atoms with Gasteiger partial charge in [-0.1, -0.05) is 72.4 Å². The van der Waals surface area contributed by atoms with Crippen LogP contribution in [0.1, 0.15) is 63.7 Å². The van der Waals surface area contributed by atoms with Crippen LogP contribution in [-0.2, 0) is 19.1 Å². The van der Waals surface area contributed by atoms with Gasteiger partial charge in [0.2, 0.25) is 0 Å². The number of nitrogens with one attached hydrogen (secondary N) is 3. The van der Waals surface area contributed by atoms with Crippen LogP contribution in [-0.4, -0.2) is 86.3 Å². The van der Waals surface area contributed by atoms with Crippen molar-refractivity contribution in [1.82, 2.24) is 19.9 Å². The number of alkyl halides is 1. The summed E-state index contributed by atoms with van der Waals surface area (Å²) in [6, 6.07) is 20.6. The molecule has 17 heteroatoms. The molecule has 57 heavy (non-hydrogen) atoms. The number of aromatic nitrogens is 4. The molecule has 0 unspecified atom stereocenters. The number of halogens is 1. The summed E-state index contributed by atoms with van der Waals surface area (Å²) in [6.45, 7) is 0. The first-order chi connectivity index (χ1) is 26.6. The molecule has 0 radical (unpaired) electrons. The fraction of sp³-hybridized carbons (Fsp3) is 0.100. The van der Waals surface area contributed by atoms with Gasteiger partial charge in [0.15, 0.2) is 33.1 Å². The molecule has 2 heterocycles. The van der Waals surface area contributed by atoms with Gasteiger partial charge in [0, 0.05) is 57.2 Å². The molecule has 2 aliphatic carbocycles. The molecule has 2 aliphatic rings. The van der Waals surface area contributed by atoms with Crippen molar-refractivity contribution in [2.45, 2.75) is 5.16 Å². The number of esters is 2. The molecule has 6 aromatic rings. The van der Waals surface area contributed by atoms with Crippen LogP contribution in [0.2, 0.25) is 0 Å². The summed E-state index contributed by atoms with van der Waals surface area (Å²) < 4.78 is 9.24. The van der Waals surface area contributed by atoms with Gasteiger partial charge in [0.1, 0.15) is 5.52 Å². The summed E-state index contributed by atoms with van der Waals surface area (Å²) in [6.07, 6.45) is 5.82. The van der Waals surface area contributed by atoms with Gasteiger partial charge in [-0.2, -0.15) is 0 Å². The van der Waals surface area contributed by atoms with Crippen LogP contribution in [0.15, 0.2) is 102 Å². The number of carbonyl (C=O) groups excluding carboxylic acids is 6. The van der Waals surface area contributed by atoms with E-state index >= 15 is 0 Å². The van der Waals surface area contributed by atoms with E-state index in [9.17, 15) is 28.8 Å². The summed E-state index contributed by atoms with van der Waals surface area (Å²) in [4.78, 5) is 85.7. The molecule has 2 aromatic heterocycles. The molecule has 0 spiro atoms.